The van der Waals surface area contributed by atoms with Gasteiger partial charge in [0, 0.05) is 35.1 Å². The average Bonchev–Trinajstić information content (AvgIpc) is 3.84. The molecule has 10 atom stereocenters. The zero-order valence-corrected chi connectivity index (χ0v) is 35.8. The summed E-state index contributed by atoms with van der Waals surface area (Å²) in [5, 5.41) is 20.4. The van der Waals surface area contributed by atoms with Gasteiger partial charge in [0.05, 0.1) is 35.7 Å². The molecular weight excluding hydrogens is 729 g/mol. The second-order valence-corrected chi connectivity index (χ2v) is 20.1. The van der Waals surface area contributed by atoms with Crippen molar-refractivity contribution in [2.24, 2.45) is 47.3 Å². The Hall–Kier alpha value is -4.54. The van der Waals surface area contributed by atoms with Crippen LogP contribution in [0.4, 0.5) is 0 Å². The van der Waals surface area contributed by atoms with Crippen molar-refractivity contribution in [2.75, 3.05) is 0 Å². The number of rotatable bonds is 6. The first-order valence-corrected chi connectivity index (χ1v) is 24.4. The van der Waals surface area contributed by atoms with Crippen LogP contribution in [0.1, 0.15) is 138 Å². The summed E-state index contributed by atoms with van der Waals surface area (Å²) < 4.78 is 2.77. The van der Waals surface area contributed by atoms with Crippen molar-refractivity contribution in [1.29, 1.82) is 10.5 Å². The Balaban J connectivity index is 1.01. The highest BCUT2D eigenvalue weighted by molar-refractivity contribution is 5.74. The van der Waals surface area contributed by atoms with E-state index in [1.165, 1.54) is 80.3 Å². The molecule has 0 N–H and O–H groups in total. The van der Waals surface area contributed by atoms with Crippen molar-refractivity contribution < 1.29 is 0 Å². The molecule has 0 spiro atoms. The van der Waals surface area contributed by atoms with Gasteiger partial charge in [0.15, 0.2) is 0 Å². The molecule has 308 valence electrons. The number of nitriles is 2. The number of nitrogens with zero attached hydrogens (tertiary/aromatic N) is 4. The van der Waals surface area contributed by atoms with Crippen LogP contribution in [-0.2, 0) is 12.8 Å². The molecule has 1 aromatic rings. The van der Waals surface area contributed by atoms with E-state index < -0.39 is 0 Å². The van der Waals surface area contributed by atoms with Gasteiger partial charge in [-0.25, -0.2) is 0 Å². The fraction of sp³-hybridized carbons (Fsp3) is 0.536. The first kappa shape index (κ1) is 38.4. The van der Waals surface area contributed by atoms with Crippen LogP contribution >= 0.6 is 0 Å². The summed E-state index contributed by atoms with van der Waals surface area (Å²) in [6.45, 7) is 0. The number of hydrogen-bond donors (Lipinski definition) is 0. The number of aromatic nitrogens is 1. The molecule has 0 bridgehead atoms. The SMILES string of the molecule is N#CC1=CCCC=C1C1CCC=CC1C1CCCCC1C1CCCCC1C1=CC(N2C3=C(CC(C#N)CC3)C3C=CC=CC32)CC(n2c3c(c4c2CCC=C4)CCC=C3)=C1. The zero-order valence-electron chi connectivity index (χ0n) is 35.8. The van der Waals surface area contributed by atoms with Crippen LogP contribution < -0.4 is 0 Å². The summed E-state index contributed by atoms with van der Waals surface area (Å²) in [7, 11) is 0. The molecule has 0 saturated heterocycles. The highest BCUT2D eigenvalue weighted by atomic mass is 15.2. The van der Waals surface area contributed by atoms with Crippen molar-refractivity contribution in [3.05, 3.63) is 123 Å². The summed E-state index contributed by atoms with van der Waals surface area (Å²) in [5.41, 5.74) is 14.7. The Morgan fingerprint density at radius 1 is 0.683 bits per heavy atom. The first-order chi connectivity index (χ1) is 29.7. The molecule has 4 nitrogen and oxygen atoms in total. The van der Waals surface area contributed by atoms with E-state index in [-0.39, 0.29) is 5.92 Å². The quantitative estimate of drug-likeness (QED) is 0.270. The summed E-state index contributed by atoms with van der Waals surface area (Å²) >= 11 is 0. The van der Waals surface area contributed by atoms with Gasteiger partial charge in [0.1, 0.15) is 0 Å². The standard InChI is InChI=1S/C56H64N4/c57-35-37-29-30-56-52(31-37)51-25-11-14-28-55(51)60(56)41-33-39(32-40(34-41)59-53-26-12-9-23-49(53)50-24-10-13-27-54(50)59)43-17-3-4-19-45(43)47-21-7-8-22-48(47)46-20-6-5-18-44(46)42-16-2-1-15-38(42)36-58/h6,9,11,13-16,20,23,25,27-28,32-33,37,41,43-48,51,55H,1-5,7-8,10,12,17-19,21-22,24,26,29-31,34H2. The molecule has 0 radical (unpaired) electrons. The maximum absolute atomic E-state index is 10.3. The van der Waals surface area contributed by atoms with E-state index in [2.05, 4.69) is 107 Å². The van der Waals surface area contributed by atoms with Crippen LogP contribution in [-0.4, -0.2) is 21.6 Å². The fourth-order valence-electron chi connectivity index (χ4n) is 14.7. The molecule has 0 amide bonds. The van der Waals surface area contributed by atoms with Crippen LogP contribution in [0.5, 0.6) is 0 Å². The lowest BCUT2D eigenvalue weighted by atomic mass is 9.56. The summed E-state index contributed by atoms with van der Waals surface area (Å²) in [4.78, 5) is 2.88. The van der Waals surface area contributed by atoms with Gasteiger partial charge in [-0.3, -0.25) is 0 Å². The third-order valence-electron chi connectivity index (χ3n) is 17.1. The molecule has 60 heavy (non-hydrogen) atoms. The summed E-state index contributed by atoms with van der Waals surface area (Å²) in [6.07, 6.45) is 58.2. The Kier molecular flexibility index (Phi) is 10.5. The first-order valence-electron chi connectivity index (χ1n) is 24.4. The molecule has 1 aliphatic heterocycles. The Morgan fingerprint density at radius 2 is 1.50 bits per heavy atom. The van der Waals surface area contributed by atoms with Crippen LogP contribution in [0, 0.1) is 70.0 Å². The van der Waals surface area contributed by atoms with Crippen molar-refractivity contribution >= 4 is 17.8 Å². The van der Waals surface area contributed by atoms with Crippen LogP contribution in [0.2, 0.25) is 0 Å². The minimum atomic E-state index is 0.135. The maximum Gasteiger partial charge on any atom is 0.0991 e. The van der Waals surface area contributed by atoms with E-state index in [1.807, 2.05) is 0 Å². The number of fused-ring (bicyclic) bond motifs is 5. The van der Waals surface area contributed by atoms with Crippen LogP contribution in [0.3, 0.4) is 0 Å². The average molecular weight is 793 g/mol. The molecule has 11 rings (SSSR count). The van der Waals surface area contributed by atoms with Gasteiger partial charge < -0.3 is 9.47 Å². The van der Waals surface area contributed by atoms with Crippen LogP contribution in [0.15, 0.2) is 101 Å². The Labute approximate surface area is 359 Å². The largest absolute Gasteiger partial charge is 0.361 e. The smallest absolute Gasteiger partial charge is 0.0991 e. The fourth-order valence-corrected chi connectivity index (χ4v) is 14.7. The van der Waals surface area contributed by atoms with Crippen molar-refractivity contribution in [1.82, 2.24) is 9.47 Å². The molecule has 0 aromatic carbocycles. The van der Waals surface area contributed by atoms with Gasteiger partial charge in [-0.1, -0.05) is 98.6 Å². The van der Waals surface area contributed by atoms with E-state index in [4.69, 9.17) is 0 Å². The lowest BCUT2D eigenvalue weighted by Gasteiger charge is -2.49. The lowest BCUT2D eigenvalue weighted by Crippen LogP contribution is -2.43. The third-order valence-corrected chi connectivity index (χ3v) is 17.1. The Morgan fingerprint density at radius 3 is 2.40 bits per heavy atom. The van der Waals surface area contributed by atoms with Gasteiger partial charge in [-0.2, -0.15) is 10.5 Å². The summed E-state index contributed by atoms with van der Waals surface area (Å²) in [5.74, 6) is 4.18. The second kappa shape index (κ2) is 16.4. The lowest BCUT2D eigenvalue weighted by molar-refractivity contribution is 0.0593. The minimum absolute atomic E-state index is 0.135. The highest BCUT2D eigenvalue weighted by Gasteiger charge is 2.47. The van der Waals surface area contributed by atoms with Gasteiger partial charge in [0.25, 0.3) is 0 Å². The molecule has 2 fully saturated rings. The predicted octanol–water partition coefficient (Wildman–Crippen LogP) is 13.3. The van der Waals surface area contributed by atoms with Crippen LogP contribution in [0.25, 0.3) is 17.8 Å². The van der Waals surface area contributed by atoms with E-state index in [1.54, 1.807) is 28.1 Å². The van der Waals surface area contributed by atoms with Gasteiger partial charge in [-0.05, 0) is 172 Å². The maximum atomic E-state index is 10.3. The molecule has 4 heteroatoms. The third kappa shape index (κ3) is 6.59. The van der Waals surface area contributed by atoms with Crippen molar-refractivity contribution in [3.63, 3.8) is 0 Å². The second-order valence-electron chi connectivity index (χ2n) is 20.1. The van der Waals surface area contributed by atoms with E-state index in [0.717, 1.165) is 82.1 Å². The van der Waals surface area contributed by atoms with E-state index in [9.17, 15) is 10.5 Å². The molecule has 10 aliphatic rings. The normalized spacial score (nSPS) is 35.6. The zero-order chi connectivity index (χ0) is 40.2. The molecular formula is C56H64N4. The number of allylic oxidation sites excluding steroid dienone is 13. The summed E-state index contributed by atoms with van der Waals surface area (Å²) in [6, 6.07) is 5.93. The highest BCUT2D eigenvalue weighted by Crippen LogP contribution is 2.55. The predicted molar refractivity (Wildman–Crippen MR) is 245 cm³/mol. The van der Waals surface area contributed by atoms with E-state index >= 15 is 0 Å². The van der Waals surface area contributed by atoms with E-state index in [0.29, 0.717) is 47.6 Å². The minimum Gasteiger partial charge on any atom is -0.361 e. The molecule has 9 aliphatic carbocycles. The van der Waals surface area contributed by atoms with Crippen molar-refractivity contribution in [2.45, 2.75) is 141 Å². The molecule has 2 heterocycles. The van der Waals surface area contributed by atoms with Crippen molar-refractivity contribution in [3.8, 4) is 12.1 Å². The Bertz CT molecular complexity index is 2290. The molecule has 10 unspecified atom stereocenters. The van der Waals surface area contributed by atoms with Gasteiger partial charge >= 0.3 is 0 Å². The number of hydrogen-bond acceptors (Lipinski definition) is 3. The molecule has 1 aromatic heterocycles. The molecule has 2 saturated carbocycles. The topological polar surface area (TPSA) is 55.8 Å². The van der Waals surface area contributed by atoms with Gasteiger partial charge in [-0.15, -0.1) is 0 Å². The monoisotopic (exact) mass is 793 g/mol. The van der Waals surface area contributed by atoms with Gasteiger partial charge in [0.2, 0.25) is 0 Å².